The van der Waals surface area contributed by atoms with Crippen LogP contribution in [0.4, 0.5) is 5.69 Å². The maximum atomic E-state index is 12.2. The Morgan fingerprint density at radius 3 is 2.54 bits per heavy atom. The zero-order valence-corrected chi connectivity index (χ0v) is 14.1. The van der Waals surface area contributed by atoms with E-state index in [1.807, 2.05) is 38.1 Å². The first kappa shape index (κ1) is 17.5. The lowest BCUT2D eigenvalue weighted by molar-refractivity contribution is 0.0526. The SMILES string of the molecule is CCOC(=O)c1cccc(NC=CC(=O)c2ccc(C)c(C)c2)c1. The molecule has 0 unspecified atom stereocenters. The monoisotopic (exact) mass is 323 g/mol. The van der Waals surface area contributed by atoms with E-state index in [9.17, 15) is 9.59 Å². The lowest BCUT2D eigenvalue weighted by atomic mass is 10.0. The fourth-order valence-corrected chi connectivity index (χ4v) is 2.15. The van der Waals surface area contributed by atoms with E-state index in [1.165, 1.54) is 6.08 Å². The van der Waals surface area contributed by atoms with E-state index in [4.69, 9.17) is 4.74 Å². The molecule has 2 aromatic carbocycles. The average Bonchev–Trinajstić information content (AvgIpc) is 2.57. The number of benzene rings is 2. The van der Waals surface area contributed by atoms with Gasteiger partial charge in [-0.05, 0) is 56.2 Å². The lowest BCUT2D eigenvalue weighted by Gasteiger charge is -2.05. The second-order valence-electron chi connectivity index (χ2n) is 5.44. The molecule has 2 aromatic rings. The molecule has 0 amide bonds. The van der Waals surface area contributed by atoms with Crippen molar-refractivity contribution in [1.29, 1.82) is 0 Å². The molecule has 4 nitrogen and oxygen atoms in total. The number of carbonyl (C=O) groups excluding carboxylic acids is 2. The minimum absolute atomic E-state index is 0.0767. The summed E-state index contributed by atoms with van der Waals surface area (Å²) in [4.78, 5) is 23.9. The Morgan fingerprint density at radius 1 is 1.04 bits per heavy atom. The summed E-state index contributed by atoms with van der Waals surface area (Å²) in [7, 11) is 0. The van der Waals surface area contributed by atoms with Crippen LogP contribution < -0.4 is 5.32 Å². The molecule has 0 saturated heterocycles. The van der Waals surface area contributed by atoms with Gasteiger partial charge in [0.1, 0.15) is 0 Å². The number of allylic oxidation sites excluding steroid dienone is 1. The van der Waals surface area contributed by atoms with Crippen molar-refractivity contribution >= 4 is 17.4 Å². The van der Waals surface area contributed by atoms with E-state index in [-0.39, 0.29) is 11.8 Å². The molecule has 4 heteroatoms. The van der Waals surface area contributed by atoms with Gasteiger partial charge in [-0.1, -0.05) is 18.2 Å². The number of anilines is 1. The molecule has 0 bridgehead atoms. The van der Waals surface area contributed by atoms with Crippen LogP contribution in [0, 0.1) is 13.8 Å². The van der Waals surface area contributed by atoms with Crippen molar-refractivity contribution in [2.75, 3.05) is 11.9 Å². The minimum atomic E-state index is -0.365. The second kappa shape index (κ2) is 8.11. The molecule has 124 valence electrons. The average molecular weight is 323 g/mol. The summed E-state index contributed by atoms with van der Waals surface area (Å²) in [5, 5.41) is 3.00. The Hall–Kier alpha value is -2.88. The standard InChI is InChI=1S/C20H21NO3/c1-4-24-20(23)17-6-5-7-18(13-17)21-11-10-19(22)16-9-8-14(2)15(3)12-16/h5-13,21H,4H2,1-3H3. The first-order valence-corrected chi connectivity index (χ1v) is 7.83. The van der Waals surface area contributed by atoms with Crippen LogP contribution in [-0.4, -0.2) is 18.4 Å². The Morgan fingerprint density at radius 2 is 1.83 bits per heavy atom. The summed E-state index contributed by atoms with van der Waals surface area (Å²) < 4.78 is 4.97. The number of ketones is 1. The van der Waals surface area contributed by atoms with Gasteiger partial charge in [-0.2, -0.15) is 0 Å². The number of aryl methyl sites for hydroxylation is 2. The Balaban J connectivity index is 2.03. The molecule has 0 aliphatic carbocycles. The van der Waals surface area contributed by atoms with Crippen molar-refractivity contribution in [3.05, 3.63) is 77.0 Å². The van der Waals surface area contributed by atoms with Crippen LogP contribution in [0.2, 0.25) is 0 Å². The van der Waals surface area contributed by atoms with Crippen LogP contribution in [0.3, 0.4) is 0 Å². The molecule has 1 N–H and O–H groups in total. The van der Waals surface area contributed by atoms with Gasteiger partial charge in [0, 0.05) is 23.5 Å². The van der Waals surface area contributed by atoms with E-state index >= 15 is 0 Å². The number of ether oxygens (including phenoxy) is 1. The molecule has 0 saturated carbocycles. The molecule has 0 radical (unpaired) electrons. The highest BCUT2D eigenvalue weighted by Gasteiger charge is 2.06. The molecule has 0 aliphatic heterocycles. The number of hydrogen-bond donors (Lipinski definition) is 1. The third-order valence-electron chi connectivity index (χ3n) is 3.65. The minimum Gasteiger partial charge on any atom is -0.462 e. The van der Waals surface area contributed by atoms with Crippen LogP contribution in [0.1, 0.15) is 38.8 Å². The van der Waals surface area contributed by atoms with Gasteiger partial charge in [0.05, 0.1) is 12.2 Å². The highest BCUT2D eigenvalue weighted by Crippen LogP contribution is 2.13. The third-order valence-corrected chi connectivity index (χ3v) is 3.65. The molecule has 0 fully saturated rings. The van der Waals surface area contributed by atoms with E-state index in [1.54, 1.807) is 31.3 Å². The first-order chi connectivity index (χ1) is 11.5. The summed E-state index contributed by atoms with van der Waals surface area (Å²) in [5.74, 6) is -0.441. The largest absolute Gasteiger partial charge is 0.462 e. The molecular formula is C20H21NO3. The predicted octanol–water partition coefficient (Wildman–Crippen LogP) is 4.29. The molecule has 24 heavy (non-hydrogen) atoms. The first-order valence-electron chi connectivity index (χ1n) is 7.83. The zero-order valence-electron chi connectivity index (χ0n) is 14.1. The third kappa shape index (κ3) is 4.56. The van der Waals surface area contributed by atoms with Crippen LogP contribution in [0.15, 0.2) is 54.7 Å². The lowest BCUT2D eigenvalue weighted by Crippen LogP contribution is -2.04. The summed E-state index contributed by atoms with van der Waals surface area (Å²) in [6.07, 6.45) is 3.04. The van der Waals surface area contributed by atoms with Crippen molar-refractivity contribution in [2.24, 2.45) is 0 Å². The summed E-state index contributed by atoms with van der Waals surface area (Å²) in [6.45, 7) is 6.09. The second-order valence-corrected chi connectivity index (χ2v) is 5.44. The fraction of sp³-hybridized carbons (Fsp3) is 0.200. The molecular weight excluding hydrogens is 302 g/mol. The number of esters is 1. The molecule has 0 heterocycles. The van der Waals surface area contributed by atoms with Crippen LogP contribution in [-0.2, 0) is 4.74 Å². The number of rotatable bonds is 6. The number of nitrogens with one attached hydrogen (secondary N) is 1. The van der Waals surface area contributed by atoms with E-state index in [0.717, 1.165) is 11.1 Å². The molecule has 0 aliphatic rings. The normalized spacial score (nSPS) is 10.6. The van der Waals surface area contributed by atoms with Crippen molar-refractivity contribution in [2.45, 2.75) is 20.8 Å². The fourth-order valence-electron chi connectivity index (χ4n) is 2.15. The summed E-state index contributed by atoms with van der Waals surface area (Å²) in [5.41, 5.74) is 4.07. The van der Waals surface area contributed by atoms with Gasteiger partial charge in [0.2, 0.25) is 0 Å². The van der Waals surface area contributed by atoms with Crippen molar-refractivity contribution < 1.29 is 14.3 Å². The molecule has 0 atom stereocenters. The van der Waals surface area contributed by atoms with E-state index in [0.29, 0.717) is 23.4 Å². The summed E-state index contributed by atoms with van der Waals surface area (Å²) >= 11 is 0. The van der Waals surface area contributed by atoms with Gasteiger partial charge < -0.3 is 10.1 Å². The van der Waals surface area contributed by atoms with Crippen molar-refractivity contribution in [3.8, 4) is 0 Å². The van der Waals surface area contributed by atoms with E-state index < -0.39 is 0 Å². The van der Waals surface area contributed by atoms with Crippen molar-refractivity contribution in [3.63, 3.8) is 0 Å². The van der Waals surface area contributed by atoms with Crippen LogP contribution >= 0.6 is 0 Å². The maximum absolute atomic E-state index is 12.2. The highest BCUT2D eigenvalue weighted by molar-refractivity contribution is 6.04. The molecule has 0 spiro atoms. The highest BCUT2D eigenvalue weighted by atomic mass is 16.5. The zero-order chi connectivity index (χ0) is 17.5. The van der Waals surface area contributed by atoms with E-state index in [2.05, 4.69) is 5.32 Å². The topological polar surface area (TPSA) is 55.4 Å². The Kier molecular flexibility index (Phi) is 5.90. The maximum Gasteiger partial charge on any atom is 0.338 e. The smallest absolute Gasteiger partial charge is 0.338 e. The van der Waals surface area contributed by atoms with Gasteiger partial charge in [0.15, 0.2) is 5.78 Å². The van der Waals surface area contributed by atoms with Gasteiger partial charge in [0.25, 0.3) is 0 Å². The van der Waals surface area contributed by atoms with Gasteiger partial charge >= 0.3 is 5.97 Å². The van der Waals surface area contributed by atoms with Gasteiger partial charge in [-0.15, -0.1) is 0 Å². The van der Waals surface area contributed by atoms with Crippen LogP contribution in [0.25, 0.3) is 0 Å². The predicted molar refractivity (Wildman–Crippen MR) is 95.4 cm³/mol. The number of carbonyl (C=O) groups is 2. The van der Waals surface area contributed by atoms with Crippen molar-refractivity contribution in [1.82, 2.24) is 0 Å². The van der Waals surface area contributed by atoms with Gasteiger partial charge in [-0.25, -0.2) is 4.79 Å². The quantitative estimate of drug-likeness (QED) is 0.489. The summed E-state index contributed by atoms with van der Waals surface area (Å²) in [6, 6.07) is 12.6. The molecule has 2 rings (SSSR count). The van der Waals surface area contributed by atoms with Crippen LogP contribution in [0.5, 0.6) is 0 Å². The molecule has 0 aromatic heterocycles. The Bertz CT molecular complexity index is 778. The Labute approximate surface area is 142 Å². The number of hydrogen-bond acceptors (Lipinski definition) is 4. The van der Waals surface area contributed by atoms with Gasteiger partial charge in [-0.3, -0.25) is 4.79 Å².